The number of nitrogens with zero attached hydrogens (tertiary/aromatic N) is 1. The van der Waals surface area contributed by atoms with Crippen molar-refractivity contribution in [2.24, 2.45) is 0 Å². The molecule has 0 aromatic carbocycles. The molecule has 1 aromatic rings. The summed E-state index contributed by atoms with van der Waals surface area (Å²) in [5.41, 5.74) is 1.04. The average molecular weight is 177 g/mol. The number of rotatable bonds is 1. The summed E-state index contributed by atoms with van der Waals surface area (Å²) in [5, 5.41) is 0.217. The van der Waals surface area contributed by atoms with E-state index in [2.05, 4.69) is 4.98 Å². The van der Waals surface area contributed by atoms with E-state index in [1.54, 1.807) is 12.4 Å². The second-order valence-corrected chi connectivity index (χ2v) is 3.59. The van der Waals surface area contributed by atoms with Gasteiger partial charge in [0.1, 0.15) is 0 Å². The van der Waals surface area contributed by atoms with Gasteiger partial charge in [-0.3, -0.25) is 9.78 Å². The minimum atomic E-state index is 0.217. The molecule has 0 bridgehead atoms. The van der Waals surface area contributed by atoms with Gasteiger partial charge in [0, 0.05) is 29.3 Å². The molecule has 0 saturated carbocycles. The maximum absolute atomic E-state index is 10.9. The molecule has 0 aliphatic carbocycles. The number of hydrogen-bond donors (Lipinski definition) is 0. The van der Waals surface area contributed by atoms with Crippen molar-refractivity contribution < 1.29 is 4.79 Å². The van der Waals surface area contributed by atoms with E-state index in [-0.39, 0.29) is 5.12 Å². The van der Waals surface area contributed by atoms with Crippen LogP contribution < -0.4 is 0 Å². The molecule has 0 unspecified atom stereocenters. The van der Waals surface area contributed by atoms with E-state index in [1.165, 1.54) is 11.8 Å². The van der Waals surface area contributed by atoms with Gasteiger partial charge in [0.05, 0.1) is 0 Å². The maximum atomic E-state index is 10.9. The highest BCUT2D eigenvalue weighted by Crippen LogP contribution is 2.34. The molecule has 0 radical (unpaired) electrons. The Hall–Kier alpha value is -1.09. The third-order valence-electron chi connectivity index (χ3n) is 1.62. The standard InChI is InChI=1S/C9H7NOS/c11-9-4-3-8(12-9)7-2-1-5-10-6-7/h1-3,5-6H,4H2. The highest BCUT2D eigenvalue weighted by molar-refractivity contribution is 8.21. The maximum Gasteiger partial charge on any atom is 0.197 e. The van der Waals surface area contributed by atoms with Crippen molar-refractivity contribution in [2.75, 3.05) is 0 Å². The Balaban J connectivity index is 2.28. The van der Waals surface area contributed by atoms with Crippen molar-refractivity contribution in [3.05, 3.63) is 36.2 Å². The SMILES string of the molecule is O=C1CC=C(c2cccnc2)S1. The van der Waals surface area contributed by atoms with Crippen LogP contribution in [0.25, 0.3) is 4.91 Å². The van der Waals surface area contributed by atoms with E-state index in [1.807, 2.05) is 18.2 Å². The van der Waals surface area contributed by atoms with Crippen LogP contribution in [0.3, 0.4) is 0 Å². The zero-order valence-corrected chi connectivity index (χ0v) is 7.17. The number of carbonyl (C=O) groups is 1. The highest BCUT2D eigenvalue weighted by atomic mass is 32.2. The molecule has 0 saturated heterocycles. The number of thioether (sulfide) groups is 1. The van der Waals surface area contributed by atoms with Gasteiger partial charge in [0.25, 0.3) is 0 Å². The van der Waals surface area contributed by atoms with Crippen molar-refractivity contribution in [1.82, 2.24) is 4.98 Å². The third-order valence-corrected chi connectivity index (χ3v) is 2.64. The monoisotopic (exact) mass is 177 g/mol. The predicted molar refractivity (Wildman–Crippen MR) is 49.4 cm³/mol. The largest absolute Gasteiger partial charge is 0.286 e. The summed E-state index contributed by atoms with van der Waals surface area (Å²) in [6.07, 6.45) is 6.00. The first-order valence-electron chi connectivity index (χ1n) is 3.67. The van der Waals surface area contributed by atoms with Crippen LogP contribution in [0, 0.1) is 0 Å². The Morgan fingerprint density at radius 3 is 3.00 bits per heavy atom. The van der Waals surface area contributed by atoms with Gasteiger partial charge in [0.15, 0.2) is 5.12 Å². The van der Waals surface area contributed by atoms with Crippen molar-refractivity contribution in [3.63, 3.8) is 0 Å². The minimum absolute atomic E-state index is 0.217. The molecule has 3 heteroatoms. The molecule has 12 heavy (non-hydrogen) atoms. The fourth-order valence-corrected chi connectivity index (χ4v) is 1.88. The summed E-state index contributed by atoms with van der Waals surface area (Å²) >= 11 is 1.30. The van der Waals surface area contributed by atoms with Gasteiger partial charge in [0.2, 0.25) is 0 Å². The molecule has 1 aliphatic heterocycles. The van der Waals surface area contributed by atoms with Crippen LogP contribution in [0.2, 0.25) is 0 Å². The van der Waals surface area contributed by atoms with Crippen molar-refractivity contribution >= 4 is 21.8 Å². The second kappa shape index (κ2) is 3.11. The molecule has 0 fully saturated rings. The van der Waals surface area contributed by atoms with Gasteiger partial charge in [-0.1, -0.05) is 23.9 Å². The van der Waals surface area contributed by atoms with Crippen molar-refractivity contribution in [2.45, 2.75) is 6.42 Å². The van der Waals surface area contributed by atoms with Crippen molar-refractivity contribution in [1.29, 1.82) is 0 Å². The molecule has 0 atom stereocenters. The van der Waals surface area contributed by atoms with E-state index >= 15 is 0 Å². The van der Waals surface area contributed by atoms with Gasteiger partial charge in [-0.15, -0.1) is 0 Å². The average Bonchev–Trinajstić information content (AvgIpc) is 2.54. The Morgan fingerprint density at radius 2 is 2.42 bits per heavy atom. The van der Waals surface area contributed by atoms with Crippen LogP contribution in [-0.4, -0.2) is 10.1 Å². The lowest BCUT2D eigenvalue weighted by Crippen LogP contribution is -1.80. The normalized spacial score (nSPS) is 16.3. The molecule has 1 aromatic heterocycles. The number of allylic oxidation sites excluding steroid dienone is 1. The summed E-state index contributed by atoms with van der Waals surface area (Å²) in [7, 11) is 0. The lowest BCUT2D eigenvalue weighted by atomic mass is 10.2. The summed E-state index contributed by atoms with van der Waals surface area (Å²) in [6.45, 7) is 0. The van der Waals surface area contributed by atoms with Crippen LogP contribution in [0.4, 0.5) is 0 Å². The molecule has 2 rings (SSSR count). The lowest BCUT2D eigenvalue weighted by Gasteiger charge is -1.97. The van der Waals surface area contributed by atoms with Gasteiger partial charge >= 0.3 is 0 Å². The van der Waals surface area contributed by atoms with E-state index < -0.39 is 0 Å². The van der Waals surface area contributed by atoms with Crippen molar-refractivity contribution in [3.8, 4) is 0 Å². The van der Waals surface area contributed by atoms with E-state index in [9.17, 15) is 4.79 Å². The number of aromatic nitrogens is 1. The van der Waals surface area contributed by atoms with Crippen LogP contribution in [0.15, 0.2) is 30.6 Å². The molecular weight excluding hydrogens is 170 g/mol. The summed E-state index contributed by atoms with van der Waals surface area (Å²) in [6, 6.07) is 3.84. The van der Waals surface area contributed by atoms with Gasteiger partial charge < -0.3 is 0 Å². The summed E-state index contributed by atoms with van der Waals surface area (Å²) in [4.78, 5) is 15.9. The third kappa shape index (κ3) is 1.41. The molecule has 0 N–H and O–H groups in total. The van der Waals surface area contributed by atoms with Crippen LogP contribution in [0.1, 0.15) is 12.0 Å². The van der Waals surface area contributed by atoms with E-state index in [0.717, 1.165) is 10.5 Å². The molecule has 60 valence electrons. The molecule has 0 amide bonds. The quantitative estimate of drug-likeness (QED) is 0.658. The topological polar surface area (TPSA) is 30.0 Å². The molecule has 0 spiro atoms. The fourth-order valence-electron chi connectivity index (χ4n) is 1.07. The lowest BCUT2D eigenvalue weighted by molar-refractivity contribution is -0.110. The number of carbonyl (C=O) groups excluding carboxylic acids is 1. The van der Waals surface area contributed by atoms with Gasteiger partial charge in [-0.2, -0.15) is 0 Å². The Morgan fingerprint density at radius 1 is 1.50 bits per heavy atom. The molecular formula is C9H7NOS. The Bertz CT molecular complexity index is 332. The van der Waals surface area contributed by atoms with E-state index in [4.69, 9.17) is 0 Å². The number of hydrogen-bond acceptors (Lipinski definition) is 3. The Labute approximate surface area is 74.7 Å². The van der Waals surface area contributed by atoms with Crippen LogP contribution in [0.5, 0.6) is 0 Å². The minimum Gasteiger partial charge on any atom is -0.286 e. The van der Waals surface area contributed by atoms with E-state index in [0.29, 0.717) is 6.42 Å². The smallest absolute Gasteiger partial charge is 0.197 e. The van der Waals surface area contributed by atoms with Gasteiger partial charge in [-0.05, 0) is 6.07 Å². The predicted octanol–water partition coefficient (Wildman–Crippen LogP) is 2.09. The van der Waals surface area contributed by atoms with Crippen LogP contribution >= 0.6 is 11.8 Å². The molecule has 2 nitrogen and oxygen atoms in total. The second-order valence-electron chi connectivity index (χ2n) is 2.49. The first kappa shape index (κ1) is 7.55. The first-order chi connectivity index (χ1) is 5.86. The zero-order valence-electron chi connectivity index (χ0n) is 6.36. The fraction of sp³-hybridized carbons (Fsp3) is 0.111. The Kier molecular flexibility index (Phi) is 1.96. The van der Waals surface area contributed by atoms with Crippen LogP contribution in [-0.2, 0) is 4.79 Å². The first-order valence-corrected chi connectivity index (χ1v) is 4.49. The van der Waals surface area contributed by atoms with Gasteiger partial charge in [-0.25, -0.2) is 0 Å². The zero-order chi connectivity index (χ0) is 8.39. The highest BCUT2D eigenvalue weighted by Gasteiger charge is 2.14. The molecule has 2 heterocycles. The number of pyridine rings is 1. The summed E-state index contributed by atoms with van der Waals surface area (Å²) in [5.74, 6) is 0. The summed E-state index contributed by atoms with van der Waals surface area (Å²) < 4.78 is 0. The molecule has 1 aliphatic rings.